The second-order valence-electron chi connectivity index (χ2n) is 4.16. The molecule has 2 aromatic rings. The summed E-state index contributed by atoms with van der Waals surface area (Å²) in [6.45, 7) is 3.58. The van der Waals surface area contributed by atoms with Crippen molar-refractivity contribution in [2.75, 3.05) is 6.61 Å². The Morgan fingerprint density at radius 3 is 2.68 bits per heavy atom. The van der Waals surface area contributed by atoms with Gasteiger partial charge in [0.05, 0.1) is 6.61 Å². The van der Waals surface area contributed by atoms with Crippen molar-refractivity contribution in [1.29, 1.82) is 0 Å². The van der Waals surface area contributed by atoms with Crippen LogP contribution in [0, 0.1) is 0 Å². The predicted octanol–water partition coefficient (Wildman–Crippen LogP) is 2.78. The van der Waals surface area contributed by atoms with Crippen LogP contribution < -0.4 is 5.32 Å². The number of carbonyl (C=O) groups is 1. The van der Waals surface area contributed by atoms with Crippen molar-refractivity contribution >= 4 is 6.09 Å². The van der Waals surface area contributed by atoms with Gasteiger partial charge in [-0.15, -0.1) is 0 Å². The molecule has 19 heavy (non-hydrogen) atoms. The number of nitrogens with one attached hydrogen (secondary N) is 1. The molecule has 0 saturated carbocycles. The summed E-state index contributed by atoms with van der Waals surface area (Å²) in [5.41, 5.74) is 2.12. The summed E-state index contributed by atoms with van der Waals surface area (Å²) >= 11 is 0. The number of rotatable bonds is 5. The molecule has 0 saturated heterocycles. The molecule has 1 N–H and O–H groups in total. The SMILES string of the molecule is CCOC(=O)n1cccc1CNCc1ccccc1. The van der Waals surface area contributed by atoms with Crippen molar-refractivity contribution in [3.8, 4) is 0 Å². The van der Waals surface area contributed by atoms with Gasteiger partial charge in [-0.2, -0.15) is 0 Å². The van der Waals surface area contributed by atoms with Crippen molar-refractivity contribution in [2.24, 2.45) is 0 Å². The zero-order chi connectivity index (χ0) is 13.5. The van der Waals surface area contributed by atoms with Gasteiger partial charge < -0.3 is 10.1 Å². The molecular weight excluding hydrogens is 240 g/mol. The summed E-state index contributed by atoms with van der Waals surface area (Å²) in [6.07, 6.45) is 1.39. The largest absolute Gasteiger partial charge is 0.449 e. The van der Waals surface area contributed by atoms with Crippen LogP contribution in [0.1, 0.15) is 18.2 Å². The fourth-order valence-corrected chi connectivity index (χ4v) is 1.86. The van der Waals surface area contributed by atoms with E-state index in [1.807, 2.05) is 30.3 Å². The minimum Gasteiger partial charge on any atom is -0.449 e. The van der Waals surface area contributed by atoms with E-state index in [0.717, 1.165) is 12.2 Å². The number of carbonyl (C=O) groups excluding carboxylic acids is 1. The highest BCUT2D eigenvalue weighted by molar-refractivity contribution is 5.71. The molecule has 0 radical (unpaired) electrons. The molecule has 0 bridgehead atoms. The number of nitrogens with zero attached hydrogens (tertiary/aromatic N) is 1. The molecule has 0 atom stereocenters. The molecule has 0 fully saturated rings. The van der Waals surface area contributed by atoms with Crippen molar-refractivity contribution in [3.05, 3.63) is 59.9 Å². The molecule has 0 spiro atoms. The first-order valence-corrected chi connectivity index (χ1v) is 6.39. The van der Waals surface area contributed by atoms with Gasteiger partial charge in [-0.05, 0) is 24.6 Å². The van der Waals surface area contributed by atoms with Gasteiger partial charge in [0.15, 0.2) is 0 Å². The molecule has 1 heterocycles. The van der Waals surface area contributed by atoms with Crippen LogP contribution in [0.3, 0.4) is 0 Å². The zero-order valence-electron chi connectivity index (χ0n) is 11.0. The van der Waals surface area contributed by atoms with E-state index in [-0.39, 0.29) is 6.09 Å². The van der Waals surface area contributed by atoms with Crippen LogP contribution >= 0.6 is 0 Å². The van der Waals surface area contributed by atoms with Crippen LogP contribution in [0.4, 0.5) is 4.79 Å². The summed E-state index contributed by atoms with van der Waals surface area (Å²) in [6, 6.07) is 13.9. The van der Waals surface area contributed by atoms with Crippen molar-refractivity contribution in [3.63, 3.8) is 0 Å². The van der Waals surface area contributed by atoms with Gasteiger partial charge in [0, 0.05) is 25.0 Å². The Labute approximate surface area is 113 Å². The monoisotopic (exact) mass is 258 g/mol. The van der Waals surface area contributed by atoms with E-state index in [4.69, 9.17) is 4.74 Å². The minimum atomic E-state index is -0.330. The van der Waals surface area contributed by atoms with Crippen molar-refractivity contribution in [1.82, 2.24) is 9.88 Å². The first kappa shape index (κ1) is 13.4. The number of hydrogen-bond donors (Lipinski definition) is 1. The number of benzene rings is 1. The maximum absolute atomic E-state index is 11.7. The lowest BCUT2D eigenvalue weighted by Crippen LogP contribution is -2.20. The lowest BCUT2D eigenvalue weighted by Gasteiger charge is -2.09. The third kappa shape index (κ3) is 3.69. The summed E-state index contributed by atoms with van der Waals surface area (Å²) < 4.78 is 6.52. The van der Waals surface area contributed by atoms with E-state index in [9.17, 15) is 4.79 Å². The highest BCUT2D eigenvalue weighted by atomic mass is 16.5. The van der Waals surface area contributed by atoms with E-state index in [2.05, 4.69) is 17.4 Å². The molecule has 0 aliphatic rings. The molecule has 0 aliphatic carbocycles. The van der Waals surface area contributed by atoms with Gasteiger partial charge >= 0.3 is 6.09 Å². The summed E-state index contributed by atoms with van der Waals surface area (Å²) in [7, 11) is 0. The summed E-state index contributed by atoms with van der Waals surface area (Å²) in [5.74, 6) is 0. The Morgan fingerprint density at radius 2 is 1.95 bits per heavy atom. The highest BCUT2D eigenvalue weighted by Gasteiger charge is 2.08. The van der Waals surface area contributed by atoms with Gasteiger partial charge in [0.25, 0.3) is 0 Å². The van der Waals surface area contributed by atoms with E-state index < -0.39 is 0 Å². The molecule has 0 amide bonds. The second kappa shape index (κ2) is 6.75. The van der Waals surface area contributed by atoms with E-state index in [0.29, 0.717) is 13.2 Å². The van der Waals surface area contributed by atoms with E-state index in [1.54, 1.807) is 13.1 Å². The molecule has 100 valence electrons. The molecule has 4 nitrogen and oxygen atoms in total. The molecule has 2 rings (SSSR count). The standard InChI is InChI=1S/C15H18N2O2/c1-2-19-15(18)17-10-6-9-14(17)12-16-11-13-7-4-3-5-8-13/h3-10,16H,2,11-12H2,1H3. The Morgan fingerprint density at radius 1 is 1.16 bits per heavy atom. The van der Waals surface area contributed by atoms with Crippen molar-refractivity contribution in [2.45, 2.75) is 20.0 Å². The first-order chi connectivity index (χ1) is 9.31. The molecular formula is C15H18N2O2. The maximum atomic E-state index is 11.7. The average molecular weight is 258 g/mol. The van der Waals surface area contributed by atoms with E-state index in [1.165, 1.54) is 10.1 Å². The van der Waals surface area contributed by atoms with Crippen LogP contribution in [0.25, 0.3) is 0 Å². The summed E-state index contributed by atoms with van der Waals surface area (Å²) in [4.78, 5) is 11.7. The minimum absolute atomic E-state index is 0.330. The third-order valence-electron chi connectivity index (χ3n) is 2.78. The maximum Gasteiger partial charge on any atom is 0.418 e. The van der Waals surface area contributed by atoms with Crippen LogP contribution in [-0.4, -0.2) is 17.3 Å². The predicted molar refractivity (Wildman–Crippen MR) is 73.8 cm³/mol. The first-order valence-electron chi connectivity index (χ1n) is 6.39. The lowest BCUT2D eigenvalue weighted by molar-refractivity contribution is 0.153. The topological polar surface area (TPSA) is 43.3 Å². The number of aromatic nitrogens is 1. The Hall–Kier alpha value is -2.07. The average Bonchev–Trinajstić information content (AvgIpc) is 2.89. The smallest absolute Gasteiger partial charge is 0.418 e. The molecule has 1 aromatic heterocycles. The van der Waals surface area contributed by atoms with Crippen LogP contribution in [0.15, 0.2) is 48.7 Å². The molecule has 4 heteroatoms. The second-order valence-corrected chi connectivity index (χ2v) is 4.16. The Bertz CT molecular complexity index is 520. The quantitative estimate of drug-likeness (QED) is 0.896. The number of hydrogen-bond acceptors (Lipinski definition) is 3. The summed E-state index contributed by atoms with van der Waals surface area (Å²) in [5, 5.41) is 3.31. The van der Waals surface area contributed by atoms with Gasteiger partial charge in [0.2, 0.25) is 0 Å². The van der Waals surface area contributed by atoms with Gasteiger partial charge in [-0.3, -0.25) is 4.57 Å². The normalized spacial score (nSPS) is 10.4. The zero-order valence-corrected chi connectivity index (χ0v) is 11.0. The lowest BCUT2D eigenvalue weighted by atomic mass is 10.2. The van der Waals surface area contributed by atoms with Gasteiger partial charge in [-0.25, -0.2) is 4.79 Å². The van der Waals surface area contributed by atoms with Crippen LogP contribution in [-0.2, 0) is 17.8 Å². The van der Waals surface area contributed by atoms with Gasteiger partial charge in [0.1, 0.15) is 0 Å². The van der Waals surface area contributed by atoms with Gasteiger partial charge in [-0.1, -0.05) is 30.3 Å². The Kier molecular flexibility index (Phi) is 4.75. The van der Waals surface area contributed by atoms with Crippen LogP contribution in [0.5, 0.6) is 0 Å². The number of ether oxygens (including phenoxy) is 1. The van der Waals surface area contributed by atoms with Crippen molar-refractivity contribution < 1.29 is 9.53 Å². The molecule has 0 aliphatic heterocycles. The molecule has 1 aromatic carbocycles. The fourth-order valence-electron chi connectivity index (χ4n) is 1.86. The van der Waals surface area contributed by atoms with Crippen LogP contribution in [0.2, 0.25) is 0 Å². The molecule has 0 unspecified atom stereocenters. The van der Waals surface area contributed by atoms with E-state index >= 15 is 0 Å². The third-order valence-corrected chi connectivity index (χ3v) is 2.78. The fraction of sp³-hybridized carbons (Fsp3) is 0.267. The Balaban J connectivity index is 1.90. The highest BCUT2D eigenvalue weighted by Crippen LogP contribution is 2.04.